The molecule has 1 aliphatic rings. The lowest BCUT2D eigenvalue weighted by molar-refractivity contribution is -0.147. The molecule has 0 saturated heterocycles. The molecule has 0 amide bonds. The van der Waals surface area contributed by atoms with E-state index in [2.05, 4.69) is 16.0 Å². The van der Waals surface area contributed by atoms with Crippen LogP contribution in [0.2, 0.25) is 0 Å². The molecule has 2 aromatic rings. The van der Waals surface area contributed by atoms with Crippen molar-refractivity contribution in [1.82, 2.24) is 9.97 Å². The predicted molar refractivity (Wildman–Crippen MR) is 69.8 cm³/mol. The molecule has 1 aliphatic carbocycles. The van der Waals surface area contributed by atoms with Crippen LogP contribution in [-0.4, -0.2) is 21.0 Å². The lowest BCUT2D eigenvalue weighted by Crippen LogP contribution is -2.43. The molecule has 5 heteroatoms. The number of nitrogens with one attached hydrogen (secondary N) is 1. The SMILES string of the molecule is Cc1ccsc1-c1cnc(C2(C(=O)O)CCC2)[nH]1. The van der Waals surface area contributed by atoms with Gasteiger partial charge in [-0.05, 0) is 36.8 Å². The molecular formula is C13H14N2O2S. The average molecular weight is 262 g/mol. The molecule has 4 nitrogen and oxygen atoms in total. The Morgan fingerprint density at radius 3 is 2.83 bits per heavy atom. The molecule has 94 valence electrons. The highest BCUT2D eigenvalue weighted by Crippen LogP contribution is 2.43. The van der Waals surface area contributed by atoms with Gasteiger partial charge in [0.2, 0.25) is 0 Å². The summed E-state index contributed by atoms with van der Waals surface area (Å²) in [5.41, 5.74) is 1.34. The van der Waals surface area contributed by atoms with Gasteiger partial charge in [-0.3, -0.25) is 4.79 Å². The number of thiophene rings is 1. The Morgan fingerprint density at radius 2 is 2.33 bits per heavy atom. The number of aromatic amines is 1. The van der Waals surface area contributed by atoms with Gasteiger partial charge < -0.3 is 10.1 Å². The van der Waals surface area contributed by atoms with Crippen molar-refractivity contribution in [3.05, 3.63) is 29.0 Å². The molecule has 0 spiro atoms. The van der Waals surface area contributed by atoms with Gasteiger partial charge in [0.25, 0.3) is 0 Å². The molecule has 3 rings (SSSR count). The fraction of sp³-hybridized carbons (Fsp3) is 0.385. The Hall–Kier alpha value is -1.62. The van der Waals surface area contributed by atoms with Crippen molar-refractivity contribution in [2.45, 2.75) is 31.6 Å². The lowest BCUT2D eigenvalue weighted by atomic mass is 9.68. The molecular weight excluding hydrogens is 248 g/mol. The Kier molecular flexibility index (Phi) is 2.52. The normalized spacial score (nSPS) is 17.4. The third kappa shape index (κ3) is 1.50. The summed E-state index contributed by atoms with van der Waals surface area (Å²) in [6.45, 7) is 2.04. The van der Waals surface area contributed by atoms with E-state index in [4.69, 9.17) is 0 Å². The molecule has 0 radical (unpaired) electrons. The second-order valence-electron chi connectivity index (χ2n) is 4.82. The van der Waals surface area contributed by atoms with Gasteiger partial charge in [-0.25, -0.2) is 4.98 Å². The maximum absolute atomic E-state index is 11.4. The van der Waals surface area contributed by atoms with Gasteiger partial charge in [0, 0.05) is 0 Å². The van der Waals surface area contributed by atoms with Gasteiger partial charge in [0.1, 0.15) is 11.2 Å². The average Bonchev–Trinajstić information content (AvgIpc) is 2.84. The van der Waals surface area contributed by atoms with Crippen LogP contribution < -0.4 is 0 Å². The topological polar surface area (TPSA) is 66.0 Å². The van der Waals surface area contributed by atoms with Crippen LogP contribution in [-0.2, 0) is 10.2 Å². The van der Waals surface area contributed by atoms with Crippen LogP contribution in [0.1, 0.15) is 30.7 Å². The minimum atomic E-state index is -0.774. The smallest absolute Gasteiger partial charge is 0.317 e. The van der Waals surface area contributed by atoms with E-state index in [1.54, 1.807) is 17.5 Å². The third-order valence-electron chi connectivity index (χ3n) is 3.75. The summed E-state index contributed by atoms with van der Waals surface area (Å²) in [6, 6.07) is 2.05. The number of H-pyrrole nitrogens is 1. The van der Waals surface area contributed by atoms with Gasteiger partial charge in [0.15, 0.2) is 0 Å². The van der Waals surface area contributed by atoms with Crippen LogP contribution in [0.5, 0.6) is 0 Å². The van der Waals surface area contributed by atoms with Crippen LogP contribution in [0.15, 0.2) is 17.6 Å². The third-order valence-corrected chi connectivity index (χ3v) is 4.80. The molecule has 0 aliphatic heterocycles. The van der Waals surface area contributed by atoms with Crippen LogP contribution in [0.4, 0.5) is 0 Å². The van der Waals surface area contributed by atoms with E-state index >= 15 is 0 Å². The van der Waals surface area contributed by atoms with Crippen molar-refractivity contribution < 1.29 is 9.90 Å². The molecule has 0 aromatic carbocycles. The lowest BCUT2D eigenvalue weighted by Gasteiger charge is -2.35. The molecule has 0 atom stereocenters. The van der Waals surface area contributed by atoms with Crippen LogP contribution in [0.3, 0.4) is 0 Å². The van der Waals surface area contributed by atoms with Crippen LogP contribution >= 0.6 is 11.3 Å². The zero-order valence-electron chi connectivity index (χ0n) is 10.1. The molecule has 1 saturated carbocycles. The first-order chi connectivity index (χ1) is 8.63. The summed E-state index contributed by atoms with van der Waals surface area (Å²) >= 11 is 1.64. The number of hydrogen-bond donors (Lipinski definition) is 2. The first kappa shape index (κ1) is 11.5. The quantitative estimate of drug-likeness (QED) is 0.893. The van der Waals surface area contributed by atoms with Crippen molar-refractivity contribution in [3.63, 3.8) is 0 Å². The van der Waals surface area contributed by atoms with Crippen molar-refractivity contribution in [2.75, 3.05) is 0 Å². The molecule has 18 heavy (non-hydrogen) atoms. The van der Waals surface area contributed by atoms with E-state index in [1.165, 1.54) is 5.56 Å². The number of rotatable bonds is 3. The van der Waals surface area contributed by atoms with Gasteiger partial charge in [0.05, 0.1) is 16.8 Å². The monoisotopic (exact) mass is 262 g/mol. The van der Waals surface area contributed by atoms with E-state index in [0.717, 1.165) is 17.0 Å². The fourth-order valence-corrected chi connectivity index (χ4v) is 3.30. The Bertz CT molecular complexity index is 596. The first-order valence-electron chi connectivity index (χ1n) is 5.97. The molecule has 1 fully saturated rings. The summed E-state index contributed by atoms with van der Waals surface area (Å²) in [5.74, 6) is -0.165. The predicted octanol–water partition coefficient (Wildman–Crippen LogP) is 2.95. The Labute approximate surface area is 109 Å². The largest absolute Gasteiger partial charge is 0.480 e. The maximum atomic E-state index is 11.4. The van der Waals surface area contributed by atoms with E-state index < -0.39 is 11.4 Å². The number of aliphatic carboxylic acids is 1. The highest BCUT2D eigenvalue weighted by molar-refractivity contribution is 7.13. The maximum Gasteiger partial charge on any atom is 0.317 e. The zero-order chi connectivity index (χ0) is 12.8. The minimum absolute atomic E-state index is 0.601. The van der Waals surface area contributed by atoms with Crippen molar-refractivity contribution in [2.24, 2.45) is 0 Å². The molecule has 0 unspecified atom stereocenters. The van der Waals surface area contributed by atoms with Gasteiger partial charge >= 0.3 is 5.97 Å². The summed E-state index contributed by atoms with van der Waals surface area (Å²) in [4.78, 5) is 20.0. The standard InChI is InChI=1S/C13H14N2O2S/c1-8-3-6-18-10(8)9-7-14-11(15-9)13(12(16)17)4-2-5-13/h3,6-7H,2,4-5H2,1H3,(H,14,15)(H,16,17). The Morgan fingerprint density at radius 1 is 1.56 bits per heavy atom. The van der Waals surface area contributed by atoms with Gasteiger partial charge in [-0.1, -0.05) is 6.42 Å². The molecule has 2 aromatic heterocycles. The van der Waals surface area contributed by atoms with E-state index in [1.807, 2.05) is 12.3 Å². The van der Waals surface area contributed by atoms with Crippen molar-refractivity contribution in [3.8, 4) is 10.6 Å². The number of imidazole rings is 1. The van der Waals surface area contributed by atoms with Gasteiger partial charge in [-0.15, -0.1) is 11.3 Å². The van der Waals surface area contributed by atoms with E-state index in [9.17, 15) is 9.90 Å². The minimum Gasteiger partial charge on any atom is -0.480 e. The van der Waals surface area contributed by atoms with Gasteiger partial charge in [-0.2, -0.15) is 0 Å². The summed E-state index contributed by atoms with van der Waals surface area (Å²) < 4.78 is 0. The van der Waals surface area contributed by atoms with Crippen LogP contribution in [0, 0.1) is 6.92 Å². The Balaban J connectivity index is 2.00. The number of carboxylic acid groups (broad SMARTS) is 1. The highest BCUT2D eigenvalue weighted by atomic mass is 32.1. The van der Waals surface area contributed by atoms with Crippen molar-refractivity contribution >= 4 is 17.3 Å². The number of carboxylic acids is 1. The summed E-state index contributed by atoms with van der Waals surface area (Å²) in [5, 5.41) is 11.4. The number of aryl methyl sites for hydroxylation is 1. The second kappa shape index (κ2) is 3.95. The van der Waals surface area contributed by atoms with Crippen LogP contribution in [0.25, 0.3) is 10.6 Å². The van der Waals surface area contributed by atoms with E-state index in [-0.39, 0.29) is 0 Å². The zero-order valence-corrected chi connectivity index (χ0v) is 10.9. The highest BCUT2D eigenvalue weighted by Gasteiger charge is 2.48. The molecule has 2 N–H and O–H groups in total. The number of nitrogens with zero attached hydrogens (tertiary/aromatic N) is 1. The number of carbonyl (C=O) groups is 1. The van der Waals surface area contributed by atoms with E-state index in [0.29, 0.717) is 18.7 Å². The fourth-order valence-electron chi connectivity index (χ4n) is 2.41. The number of hydrogen-bond acceptors (Lipinski definition) is 3. The summed E-state index contributed by atoms with van der Waals surface area (Å²) in [6.07, 6.45) is 4.06. The summed E-state index contributed by atoms with van der Waals surface area (Å²) in [7, 11) is 0. The first-order valence-corrected chi connectivity index (χ1v) is 6.85. The second-order valence-corrected chi connectivity index (χ2v) is 5.74. The van der Waals surface area contributed by atoms with Crippen molar-refractivity contribution in [1.29, 1.82) is 0 Å². The molecule has 2 heterocycles. The number of aromatic nitrogens is 2. The molecule has 0 bridgehead atoms.